The Bertz CT molecular complexity index is 1510. The molecule has 3 fully saturated rings. The van der Waals surface area contributed by atoms with Crippen LogP contribution in [0.3, 0.4) is 0 Å². The summed E-state index contributed by atoms with van der Waals surface area (Å²) in [4.78, 5) is 13.0. The fourth-order valence-corrected chi connectivity index (χ4v) is 12.3. The molecule has 2 aromatic heterocycles. The van der Waals surface area contributed by atoms with Crippen LogP contribution in [-0.2, 0) is 23.7 Å². The molecule has 7 rings (SSSR count). The molecule has 0 spiro atoms. The second-order valence-corrected chi connectivity index (χ2v) is 17.2. The Morgan fingerprint density at radius 2 is 1.69 bits per heavy atom. The number of hydrogen-bond donors (Lipinski definition) is 5. The first-order chi connectivity index (χ1) is 19.6. The van der Waals surface area contributed by atoms with Gasteiger partial charge in [0.25, 0.3) is 5.56 Å². The molecule has 7 heteroatoms. The lowest BCUT2D eigenvalue weighted by Crippen LogP contribution is -2.64. The summed E-state index contributed by atoms with van der Waals surface area (Å²) in [6, 6.07) is 0. The van der Waals surface area contributed by atoms with Crippen LogP contribution in [0.1, 0.15) is 122 Å². The minimum atomic E-state index is -0.0260. The lowest BCUT2D eigenvalue weighted by molar-refractivity contribution is -0.154. The van der Waals surface area contributed by atoms with E-state index in [1.54, 1.807) is 5.57 Å². The van der Waals surface area contributed by atoms with Crippen molar-refractivity contribution >= 4 is 5.82 Å². The van der Waals surface area contributed by atoms with Crippen LogP contribution in [0.2, 0.25) is 0 Å². The van der Waals surface area contributed by atoms with E-state index in [1.165, 1.54) is 49.1 Å². The third-order valence-electron chi connectivity index (χ3n) is 14.6. The van der Waals surface area contributed by atoms with Crippen LogP contribution in [0, 0.1) is 39.4 Å². The molecule has 230 valence electrons. The third kappa shape index (κ3) is 3.38. The third-order valence-corrected chi connectivity index (χ3v) is 14.6. The summed E-state index contributed by atoms with van der Waals surface area (Å²) >= 11 is 0. The number of aromatic nitrogens is 4. The van der Waals surface area contributed by atoms with Gasteiger partial charge in [-0.1, -0.05) is 60.1 Å². The molecular formula is C35H54N6O. The van der Waals surface area contributed by atoms with Crippen LogP contribution < -0.4 is 17.0 Å². The van der Waals surface area contributed by atoms with Crippen LogP contribution in [0.4, 0.5) is 5.82 Å². The summed E-state index contributed by atoms with van der Waals surface area (Å²) < 4.78 is 0. The molecule has 3 unspecified atom stereocenters. The molecule has 2 aromatic rings. The summed E-state index contributed by atoms with van der Waals surface area (Å²) in [7, 11) is 0. The van der Waals surface area contributed by atoms with Gasteiger partial charge in [-0.2, -0.15) is 5.10 Å². The number of nitrogens with one attached hydrogen (secondary N) is 3. The maximum Gasteiger partial charge on any atom is 0.267 e. The largest absolute Gasteiger partial charge is 0.382 e. The van der Waals surface area contributed by atoms with E-state index in [2.05, 4.69) is 74.9 Å². The molecule has 0 saturated heterocycles. The van der Waals surface area contributed by atoms with Gasteiger partial charge in [0.05, 0.1) is 0 Å². The van der Waals surface area contributed by atoms with Gasteiger partial charge in [-0.05, 0) is 110 Å². The van der Waals surface area contributed by atoms with Crippen molar-refractivity contribution in [3.8, 4) is 0 Å². The van der Waals surface area contributed by atoms with Crippen molar-refractivity contribution in [2.24, 2.45) is 45.1 Å². The highest BCUT2D eigenvalue weighted by molar-refractivity contribution is 5.49. The van der Waals surface area contributed by atoms with E-state index in [-0.39, 0.29) is 38.0 Å². The summed E-state index contributed by atoms with van der Waals surface area (Å²) in [5, 5.41) is 14.3. The van der Waals surface area contributed by atoms with Crippen molar-refractivity contribution in [2.45, 2.75) is 124 Å². The first kappa shape index (κ1) is 28.5. The van der Waals surface area contributed by atoms with Gasteiger partial charge in [0, 0.05) is 33.3 Å². The van der Waals surface area contributed by atoms with E-state index in [0.29, 0.717) is 36.5 Å². The summed E-state index contributed by atoms with van der Waals surface area (Å²) in [5.74, 6) is 2.31. The Hall–Kier alpha value is -2.28. The van der Waals surface area contributed by atoms with Crippen LogP contribution >= 0.6 is 0 Å². The first-order valence-corrected chi connectivity index (χ1v) is 16.7. The van der Waals surface area contributed by atoms with Gasteiger partial charge < -0.3 is 16.6 Å². The zero-order valence-corrected chi connectivity index (χ0v) is 27.1. The molecule has 42 heavy (non-hydrogen) atoms. The zero-order chi connectivity index (χ0) is 30.1. The van der Waals surface area contributed by atoms with Crippen molar-refractivity contribution in [1.29, 1.82) is 0 Å². The van der Waals surface area contributed by atoms with Gasteiger partial charge in [-0.3, -0.25) is 15.0 Å². The van der Waals surface area contributed by atoms with Gasteiger partial charge in [-0.25, -0.2) is 0 Å². The number of nitrogens with two attached hydrogens (primary N) is 2. The fraction of sp³-hybridized carbons (Fsp3) is 0.771. The first-order valence-electron chi connectivity index (χ1n) is 16.7. The van der Waals surface area contributed by atoms with Crippen LogP contribution in [0.15, 0.2) is 16.4 Å². The van der Waals surface area contributed by atoms with Crippen molar-refractivity contribution < 1.29 is 0 Å². The van der Waals surface area contributed by atoms with Gasteiger partial charge >= 0.3 is 0 Å². The predicted octanol–water partition coefficient (Wildman–Crippen LogP) is 6.28. The molecule has 2 heterocycles. The average Bonchev–Trinajstić information content (AvgIpc) is 3.47. The summed E-state index contributed by atoms with van der Waals surface area (Å²) in [6.45, 7) is 18.2. The summed E-state index contributed by atoms with van der Waals surface area (Å²) in [5.41, 5.74) is 19.6. The number of anilines is 1. The highest BCUT2D eigenvalue weighted by atomic mass is 16.1. The van der Waals surface area contributed by atoms with Crippen LogP contribution in [0.25, 0.3) is 0 Å². The number of aromatic amines is 3. The van der Waals surface area contributed by atoms with Gasteiger partial charge in [0.2, 0.25) is 0 Å². The molecule has 0 amide bonds. The van der Waals surface area contributed by atoms with Crippen LogP contribution in [0.5, 0.6) is 0 Å². The minimum Gasteiger partial charge on any atom is -0.382 e. The molecule has 0 radical (unpaired) electrons. The van der Waals surface area contributed by atoms with E-state index < -0.39 is 0 Å². The molecule has 0 aliphatic heterocycles. The second-order valence-electron chi connectivity index (χ2n) is 17.2. The standard InChI is InChI=1S/C35H54N6O/c1-30(2)13-15-35(27-20(11-17-36)29(42)41-39-27)16-14-33(6)22(23(35)19-30)8-9-25-32(5)18-21-26(38-40-28(21)37)31(3,4)24(32)10-12-34(25,33)7/h8,23-25H,9-19,36H2,1-7H3,(H3,37,38,40)(H2,39,41,42)/t23?,24?,25?,32-,33+,34+,35-/m0/s1. The lowest BCUT2D eigenvalue weighted by atomic mass is 9.33. The normalized spacial score (nSPS) is 41.5. The number of hydrogen-bond acceptors (Lipinski definition) is 4. The molecule has 5 aliphatic carbocycles. The molecule has 7 N–H and O–H groups in total. The Morgan fingerprint density at radius 3 is 2.43 bits per heavy atom. The van der Waals surface area contributed by atoms with Crippen molar-refractivity contribution in [3.05, 3.63) is 44.5 Å². The van der Waals surface area contributed by atoms with Crippen LogP contribution in [-0.4, -0.2) is 26.9 Å². The van der Waals surface area contributed by atoms with Crippen molar-refractivity contribution in [3.63, 3.8) is 0 Å². The van der Waals surface area contributed by atoms with E-state index in [0.717, 1.165) is 31.2 Å². The monoisotopic (exact) mass is 574 g/mol. The molecule has 0 aromatic carbocycles. The highest BCUT2D eigenvalue weighted by Gasteiger charge is 2.68. The number of H-pyrrole nitrogens is 3. The highest BCUT2D eigenvalue weighted by Crippen LogP contribution is 2.75. The lowest BCUT2D eigenvalue weighted by Gasteiger charge is -2.71. The number of fused-ring (bicyclic) bond motifs is 8. The maximum absolute atomic E-state index is 13.0. The van der Waals surface area contributed by atoms with Gasteiger partial charge in [0.1, 0.15) is 5.82 Å². The number of rotatable bonds is 3. The SMILES string of the molecule is CC1(C)CC[C@]2(c3[nH][nH]c(=O)c3CCN)CC[C@]3(C)C(=CCC4[C@@]5(C)Cc6c(N)n[nH]c6C(C)(C)C5CC[C@]43C)C2C1. The fourth-order valence-electron chi connectivity index (χ4n) is 12.3. The zero-order valence-electron chi connectivity index (χ0n) is 27.1. The molecule has 0 bridgehead atoms. The van der Waals surface area contributed by atoms with Gasteiger partial charge in [-0.15, -0.1) is 0 Å². The Kier molecular flexibility index (Phi) is 5.88. The summed E-state index contributed by atoms with van der Waals surface area (Å²) in [6.07, 6.45) is 13.8. The molecular weight excluding hydrogens is 520 g/mol. The Morgan fingerprint density at radius 1 is 0.952 bits per heavy atom. The maximum atomic E-state index is 13.0. The average molecular weight is 575 g/mol. The molecule has 7 atom stereocenters. The second kappa shape index (κ2) is 8.67. The number of allylic oxidation sites excluding steroid dienone is 2. The van der Waals surface area contributed by atoms with E-state index in [4.69, 9.17) is 11.5 Å². The van der Waals surface area contributed by atoms with Gasteiger partial charge in [0.15, 0.2) is 0 Å². The predicted molar refractivity (Wildman–Crippen MR) is 169 cm³/mol. The minimum absolute atomic E-state index is 0.0217. The Labute approximate surface area is 251 Å². The number of nitrogen functional groups attached to an aromatic ring is 1. The van der Waals surface area contributed by atoms with E-state index >= 15 is 0 Å². The molecule has 5 aliphatic rings. The van der Waals surface area contributed by atoms with Crippen molar-refractivity contribution in [2.75, 3.05) is 12.3 Å². The Balaban J connectivity index is 1.36. The molecule has 7 nitrogen and oxygen atoms in total. The van der Waals surface area contributed by atoms with Crippen molar-refractivity contribution in [1.82, 2.24) is 20.4 Å². The smallest absolute Gasteiger partial charge is 0.267 e. The quantitative estimate of drug-likeness (QED) is 0.276. The molecule has 3 saturated carbocycles. The van der Waals surface area contributed by atoms with E-state index in [9.17, 15) is 4.79 Å². The number of nitrogens with zero attached hydrogens (tertiary/aromatic N) is 1. The van der Waals surface area contributed by atoms with E-state index in [1.807, 2.05) is 0 Å². The topological polar surface area (TPSA) is 129 Å².